The van der Waals surface area contributed by atoms with Gasteiger partial charge in [0.25, 0.3) is 0 Å². The van der Waals surface area contributed by atoms with Crippen molar-refractivity contribution >= 4 is 15.7 Å². The number of hydrogen-bond donors (Lipinski definition) is 3. The third-order valence-corrected chi connectivity index (χ3v) is 2.94. The molecule has 0 fully saturated rings. The van der Waals surface area contributed by atoms with Crippen molar-refractivity contribution in [1.29, 1.82) is 0 Å². The SMILES string of the molecule is NS(=O)(=O)c1ccccc1.Nc1ccccc1O. The zero-order valence-corrected chi connectivity index (χ0v) is 10.3. The molecular weight excluding hydrogens is 252 g/mol. The number of benzene rings is 2. The standard InChI is InChI=1S/C6H7NO2S.C6H7NO/c7-10(8,9)6-4-2-1-3-5-6;7-5-3-1-2-4-6(5)8/h1-5H,(H2,7,8,9);1-4,8H,7H2. The van der Waals surface area contributed by atoms with Crippen molar-refractivity contribution < 1.29 is 13.5 Å². The number of anilines is 1. The first-order valence-corrected chi connectivity index (χ1v) is 6.57. The molecule has 0 spiro atoms. The lowest BCUT2D eigenvalue weighted by Gasteiger charge is -1.93. The summed E-state index contributed by atoms with van der Waals surface area (Å²) < 4.78 is 21.2. The summed E-state index contributed by atoms with van der Waals surface area (Å²) in [7, 11) is -3.50. The van der Waals surface area contributed by atoms with Gasteiger partial charge in [-0.1, -0.05) is 30.3 Å². The van der Waals surface area contributed by atoms with Crippen LogP contribution in [0.5, 0.6) is 5.75 Å². The summed E-state index contributed by atoms with van der Waals surface area (Å²) in [5, 5.41) is 13.6. The van der Waals surface area contributed by atoms with Crippen LogP contribution in [0.2, 0.25) is 0 Å². The van der Waals surface area contributed by atoms with E-state index in [4.69, 9.17) is 16.0 Å². The Morgan fingerprint density at radius 1 is 0.889 bits per heavy atom. The van der Waals surface area contributed by atoms with Gasteiger partial charge in [-0.05, 0) is 24.3 Å². The Morgan fingerprint density at radius 2 is 1.39 bits per heavy atom. The van der Waals surface area contributed by atoms with Gasteiger partial charge in [0.05, 0.1) is 10.6 Å². The summed E-state index contributed by atoms with van der Waals surface area (Å²) in [5.41, 5.74) is 5.69. The van der Waals surface area contributed by atoms with Gasteiger partial charge in [0, 0.05) is 0 Å². The normalized spacial score (nSPS) is 10.3. The second kappa shape index (κ2) is 6.04. The Bertz CT molecular complexity index is 577. The number of rotatable bonds is 1. The minimum absolute atomic E-state index is 0.146. The highest BCUT2D eigenvalue weighted by Crippen LogP contribution is 2.16. The summed E-state index contributed by atoms with van der Waals surface area (Å²) in [5.74, 6) is 0.146. The maximum absolute atomic E-state index is 10.6. The molecule has 96 valence electrons. The van der Waals surface area contributed by atoms with E-state index in [9.17, 15) is 8.42 Å². The molecule has 0 radical (unpaired) electrons. The number of hydrogen-bond acceptors (Lipinski definition) is 4. The maximum Gasteiger partial charge on any atom is 0.238 e. The van der Waals surface area contributed by atoms with Crippen molar-refractivity contribution in [3.63, 3.8) is 0 Å². The van der Waals surface area contributed by atoms with Gasteiger partial charge in [0.1, 0.15) is 5.75 Å². The van der Waals surface area contributed by atoms with E-state index in [2.05, 4.69) is 0 Å². The van der Waals surface area contributed by atoms with Crippen LogP contribution in [-0.2, 0) is 10.0 Å². The highest BCUT2D eigenvalue weighted by atomic mass is 32.2. The Morgan fingerprint density at radius 3 is 1.72 bits per heavy atom. The summed E-state index contributed by atoms with van der Waals surface area (Å²) in [6, 6.07) is 14.6. The van der Waals surface area contributed by atoms with E-state index < -0.39 is 10.0 Å². The lowest BCUT2D eigenvalue weighted by atomic mass is 10.3. The van der Waals surface area contributed by atoms with Crippen molar-refractivity contribution in [2.75, 3.05) is 5.73 Å². The monoisotopic (exact) mass is 266 g/mol. The highest BCUT2D eigenvalue weighted by Gasteiger charge is 2.03. The van der Waals surface area contributed by atoms with Crippen LogP contribution < -0.4 is 10.9 Å². The van der Waals surface area contributed by atoms with Crippen LogP contribution in [0.3, 0.4) is 0 Å². The molecule has 0 aliphatic rings. The van der Waals surface area contributed by atoms with E-state index in [1.54, 1.807) is 42.5 Å². The van der Waals surface area contributed by atoms with Gasteiger partial charge >= 0.3 is 0 Å². The first kappa shape index (κ1) is 14.0. The molecule has 0 aromatic heterocycles. The predicted molar refractivity (Wildman–Crippen MR) is 70.3 cm³/mol. The van der Waals surface area contributed by atoms with Crippen molar-refractivity contribution in [3.05, 3.63) is 54.6 Å². The number of phenols is 1. The van der Waals surface area contributed by atoms with Crippen LogP contribution in [0.15, 0.2) is 59.5 Å². The van der Waals surface area contributed by atoms with Crippen molar-refractivity contribution in [3.8, 4) is 5.75 Å². The first-order valence-electron chi connectivity index (χ1n) is 5.02. The minimum Gasteiger partial charge on any atom is -0.506 e. The number of nitrogens with two attached hydrogens (primary N) is 2. The number of nitrogen functional groups attached to an aromatic ring is 1. The van der Waals surface area contributed by atoms with Crippen LogP contribution in [0.25, 0.3) is 0 Å². The molecule has 0 amide bonds. The smallest absolute Gasteiger partial charge is 0.238 e. The zero-order chi connectivity index (χ0) is 13.6. The van der Waals surface area contributed by atoms with Gasteiger partial charge in [-0.3, -0.25) is 0 Å². The highest BCUT2D eigenvalue weighted by molar-refractivity contribution is 7.89. The van der Waals surface area contributed by atoms with Crippen LogP contribution >= 0.6 is 0 Å². The molecule has 2 aromatic rings. The number of phenolic OH excluding ortho intramolecular Hbond substituents is 1. The molecule has 0 aliphatic heterocycles. The number of sulfonamides is 1. The van der Waals surface area contributed by atoms with Gasteiger partial charge in [-0.15, -0.1) is 0 Å². The summed E-state index contributed by atoms with van der Waals surface area (Å²) in [4.78, 5) is 0.148. The first-order chi connectivity index (χ1) is 8.41. The summed E-state index contributed by atoms with van der Waals surface area (Å²) in [6.45, 7) is 0. The number of para-hydroxylation sites is 2. The summed E-state index contributed by atoms with van der Waals surface area (Å²) in [6.07, 6.45) is 0. The molecule has 0 bridgehead atoms. The van der Waals surface area contributed by atoms with Crippen molar-refractivity contribution in [2.45, 2.75) is 4.90 Å². The molecule has 0 unspecified atom stereocenters. The molecule has 5 nitrogen and oxygen atoms in total. The Balaban J connectivity index is 0.000000184. The Labute approximate surface area is 106 Å². The molecule has 18 heavy (non-hydrogen) atoms. The zero-order valence-electron chi connectivity index (χ0n) is 9.52. The Kier molecular flexibility index (Phi) is 4.70. The fourth-order valence-corrected chi connectivity index (χ4v) is 1.63. The van der Waals surface area contributed by atoms with Gasteiger partial charge in [-0.2, -0.15) is 0 Å². The number of aromatic hydroxyl groups is 1. The van der Waals surface area contributed by atoms with Gasteiger partial charge in [-0.25, -0.2) is 13.6 Å². The molecular formula is C12H14N2O3S. The molecule has 5 N–H and O–H groups in total. The lowest BCUT2D eigenvalue weighted by molar-refractivity contribution is 0.478. The largest absolute Gasteiger partial charge is 0.506 e. The van der Waals surface area contributed by atoms with Crippen molar-refractivity contribution in [2.24, 2.45) is 5.14 Å². The fourth-order valence-electron chi connectivity index (χ4n) is 1.10. The fraction of sp³-hybridized carbons (Fsp3) is 0. The van der Waals surface area contributed by atoms with E-state index in [1.807, 2.05) is 0 Å². The average molecular weight is 266 g/mol. The van der Waals surface area contributed by atoms with Gasteiger partial charge in [0.15, 0.2) is 0 Å². The van der Waals surface area contributed by atoms with E-state index in [0.717, 1.165) is 0 Å². The molecule has 6 heteroatoms. The molecule has 0 saturated carbocycles. The molecule has 0 heterocycles. The minimum atomic E-state index is -3.50. The molecule has 0 aliphatic carbocycles. The van der Waals surface area contributed by atoms with Crippen LogP contribution in [0.4, 0.5) is 5.69 Å². The maximum atomic E-state index is 10.6. The van der Waals surface area contributed by atoms with Crippen molar-refractivity contribution in [1.82, 2.24) is 0 Å². The Hall–Kier alpha value is -2.05. The van der Waals surface area contributed by atoms with E-state index in [0.29, 0.717) is 5.69 Å². The third kappa shape index (κ3) is 4.44. The second-order valence-corrected chi connectivity index (χ2v) is 4.98. The lowest BCUT2D eigenvalue weighted by Crippen LogP contribution is -2.11. The molecule has 2 rings (SSSR count). The van der Waals surface area contributed by atoms with E-state index >= 15 is 0 Å². The average Bonchev–Trinajstić information content (AvgIpc) is 2.34. The quantitative estimate of drug-likeness (QED) is 0.534. The van der Waals surface area contributed by atoms with E-state index in [1.165, 1.54) is 12.1 Å². The summed E-state index contributed by atoms with van der Waals surface area (Å²) >= 11 is 0. The van der Waals surface area contributed by atoms with Crippen LogP contribution in [0.1, 0.15) is 0 Å². The van der Waals surface area contributed by atoms with Gasteiger partial charge in [0.2, 0.25) is 10.0 Å². The van der Waals surface area contributed by atoms with Gasteiger partial charge < -0.3 is 10.8 Å². The topological polar surface area (TPSA) is 106 Å². The predicted octanol–water partition coefficient (Wildman–Crippen LogP) is 1.31. The van der Waals surface area contributed by atoms with Crippen LogP contribution in [0, 0.1) is 0 Å². The van der Waals surface area contributed by atoms with Crippen LogP contribution in [-0.4, -0.2) is 13.5 Å². The molecule has 0 atom stereocenters. The number of primary sulfonamides is 1. The third-order valence-electron chi connectivity index (χ3n) is 2.01. The molecule has 0 saturated heterocycles. The van der Waals surface area contributed by atoms with E-state index in [-0.39, 0.29) is 10.6 Å². The molecule has 2 aromatic carbocycles. The second-order valence-electron chi connectivity index (χ2n) is 3.42.